The van der Waals surface area contributed by atoms with Crippen LogP contribution in [0, 0.1) is 0 Å². The number of hydrogen-bond acceptors (Lipinski definition) is 3. The van der Waals surface area contributed by atoms with Gasteiger partial charge in [-0.25, -0.2) is 0 Å². The Kier molecular flexibility index (Phi) is 4.94. The molecule has 0 bridgehead atoms. The predicted molar refractivity (Wildman–Crippen MR) is 107 cm³/mol. The molecule has 0 radical (unpaired) electrons. The quantitative estimate of drug-likeness (QED) is 0.826. The number of fused-ring (bicyclic) bond motifs is 1. The molecule has 1 heterocycles. The standard InChI is InChI=1S/C22H28N2O2/c1-15-14-22(4,5)24(17(3)26-19-9-7-6-8-10-19)21-13-18(23-16(2)25)11-12-20(15)21/h6-13,15,17H,14H2,1-5H3,(H,23,25). The number of nitrogens with one attached hydrogen (secondary N) is 1. The number of hydrogen-bond donors (Lipinski definition) is 1. The molecule has 1 aliphatic rings. The van der Waals surface area contributed by atoms with Crippen LogP contribution < -0.4 is 15.0 Å². The number of anilines is 2. The number of benzene rings is 2. The van der Waals surface area contributed by atoms with Crippen LogP contribution in [0.1, 0.15) is 52.5 Å². The SMILES string of the molecule is CC(=O)Nc1ccc2c(c1)N(C(C)Oc1ccccc1)C(C)(C)CC2C. The van der Waals surface area contributed by atoms with Gasteiger partial charge in [-0.3, -0.25) is 4.79 Å². The van der Waals surface area contributed by atoms with Crippen molar-refractivity contribution in [2.75, 3.05) is 10.2 Å². The first-order chi connectivity index (χ1) is 12.3. The molecule has 1 N–H and O–H groups in total. The first kappa shape index (κ1) is 18.3. The van der Waals surface area contributed by atoms with Gasteiger partial charge in [0.1, 0.15) is 5.75 Å². The Bertz CT molecular complexity index is 786. The highest BCUT2D eigenvalue weighted by atomic mass is 16.5. The van der Waals surface area contributed by atoms with Crippen LogP contribution in [0.25, 0.3) is 0 Å². The summed E-state index contributed by atoms with van der Waals surface area (Å²) in [5.74, 6) is 1.24. The van der Waals surface area contributed by atoms with Crippen molar-refractivity contribution in [3.8, 4) is 5.75 Å². The monoisotopic (exact) mass is 352 g/mol. The topological polar surface area (TPSA) is 41.6 Å². The van der Waals surface area contributed by atoms with Crippen LogP contribution >= 0.6 is 0 Å². The molecule has 0 saturated carbocycles. The maximum absolute atomic E-state index is 11.5. The fourth-order valence-electron chi connectivity index (χ4n) is 4.17. The van der Waals surface area contributed by atoms with Gasteiger partial charge in [-0.05, 0) is 62.9 Å². The summed E-state index contributed by atoms with van der Waals surface area (Å²) >= 11 is 0. The summed E-state index contributed by atoms with van der Waals surface area (Å²) in [6.07, 6.45) is 0.911. The summed E-state index contributed by atoms with van der Waals surface area (Å²) < 4.78 is 6.24. The van der Waals surface area contributed by atoms with E-state index in [9.17, 15) is 4.79 Å². The minimum absolute atomic E-state index is 0.0601. The van der Waals surface area contributed by atoms with E-state index in [1.165, 1.54) is 12.5 Å². The minimum atomic E-state index is -0.133. The van der Waals surface area contributed by atoms with Crippen LogP contribution in [0.5, 0.6) is 5.75 Å². The second kappa shape index (κ2) is 7.02. The maximum atomic E-state index is 11.5. The average molecular weight is 352 g/mol. The molecule has 2 unspecified atom stereocenters. The number of rotatable bonds is 4. The summed E-state index contributed by atoms with van der Waals surface area (Å²) in [6.45, 7) is 10.4. The molecule has 1 amide bonds. The lowest BCUT2D eigenvalue weighted by molar-refractivity contribution is -0.114. The molecular weight excluding hydrogens is 324 g/mol. The van der Waals surface area contributed by atoms with E-state index in [1.54, 1.807) is 0 Å². The summed E-state index contributed by atoms with van der Waals surface area (Å²) in [6, 6.07) is 16.1. The van der Waals surface area contributed by atoms with Crippen LogP contribution in [0.15, 0.2) is 48.5 Å². The van der Waals surface area contributed by atoms with Crippen LogP contribution in [-0.4, -0.2) is 17.7 Å². The normalized spacial score (nSPS) is 19.4. The van der Waals surface area contributed by atoms with Gasteiger partial charge < -0.3 is 15.0 Å². The van der Waals surface area contributed by atoms with Crippen LogP contribution in [-0.2, 0) is 4.79 Å². The van der Waals surface area contributed by atoms with Crippen LogP contribution in [0.4, 0.5) is 11.4 Å². The Hall–Kier alpha value is -2.49. The lowest BCUT2D eigenvalue weighted by Crippen LogP contribution is -2.54. The molecule has 2 atom stereocenters. The van der Waals surface area contributed by atoms with Crippen molar-refractivity contribution in [3.05, 3.63) is 54.1 Å². The van der Waals surface area contributed by atoms with E-state index >= 15 is 0 Å². The molecular formula is C22H28N2O2. The highest BCUT2D eigenvalue weighted by molar-refractivity contribution is 5.89. The van der Waals surface area contributed by atoms with Gasteiger partial charge in [0.15, 0.2) is 6.23 Å². The zero-order valence-corrected chi connectivity index (χ0v) is 16.2. The first-order valence-corrected chi connectivity index (χ1v) is 9.20. The molecule has 2 aromatic carbocycles. The first-order valence-electron chi connectivity index (χ1n) is 9.20. The molecule has 138 valence electrons. The van der Waals surface area contributed by atoms with E-state index < -0.39 is 0 Å². The fourth-order valence-corrected chi connectivity index (χ4v) is 4.17. The van der Waals surface area contributed by atoms with Crippen molar-refractivity contribution in [2.45, 2.75) is 58.7 Å². The maximum Gasteiger partial charge on any atom is 0.221 e. The van der Waals surface area contributed by atoms with Gasteiger partial charge in [0.25, 0.3) is 0 Å². The van der Waals surface area contributed by atoms with Crippen molar-refractivity contribution in [2.24, 2.45) is 0 Å². The molecule has 0 aliphatic carbocycles. The van der Waals surface area contributed by atoms with E-state index in [1.807, 2.05) is 36.4 Å². The highest BCUT2D eigenvalue weighted by Crippen LogP contribution is 2.45. The minimum Gasteiger partial charge on any atom is -0.471 e. The summed E-state index contributed by atoms with van der Waals surface area (Å²) in [5, 5.41) is 2.90. The van der Waals surface area contributed by atoms with Crippen molar-refractivity contribution in [1.82, 2.24) is 0 Å². The second-order valence-electron chi connectivity index (χ2n) is 7.77. The molecule has 0 aromatic heterocycles. The van der Waals surface area contributed by atoms with Gasteiger partial charge in [0.05, 0.1) is 0 Å². The molecule has 26 heavy (non-hydrogen) atoms. The number of nitrogens with zero attached hydrogens (tertiary/aromatic N) is 1. The van der Waals surface area contributed by atoms with Gasteiger partial charge in [-0.2, -0.15) is 0 Å². The number of amides is 1. The zero-order chi connectivity index (χ0) is 18.9. The number of carbonyl (C=O) groups excluding carboxylic acids is 1. The lowest BCUT2D eigenvalue weighted by Gasteiger charge is -2.50. The largest absolute Gasteiger partial charge is 0.471 e. The number of ether oxygens (including phenoxy) is 1. The molecule has 0 fully saturated rings. The third-order valence-corrected chi connectivity index (χ3v) is 5.01. The van der Waals surface area contributed by atoms with Gasteiger partial charge in [0, 0.05) is 23.8 Å². The van der Waals surface area contributed by atoms with Crippen molar-refractivity contribution < 1.29 is 9.53 Å². The van der Waals surface area contributed by atoms with E-state index in [-0.39, 0.29) is 17.7 Å². The zero-order valence-electron chi connectivity index (χ0n) is 16.2. The second-order valence-corrected chi connectivity index (χ2v) is 7.77. The van der Waals surface area contributed by atoms with Gasteiger partial charge in [-0.1, -0.05) is 31.2 Å². The van der Waals surface area contributed by atoms with Gasteiger partial charge in [-0.15, -0.1) is 0 Å². The average Bonchev–Trinajstić information content (AvgIpc) is 2.54. The molecule has 4 heteroatoms. The molecule has 0 spiro atoms. The molecule has 1 aliphatic heterocycles. The molecule has 0 saturated heterocycles. The van der Waals surface area contributed by atoms with Crippen molar-refractivity contribution in [3.63, 3.8) is 0 Å². The van der Waals surface area contributed by atoms with E-state index in [2.05, 4.69) is 50.0 Å². The van der Waals surface area contributed by atoms with E-state index in [0.717, 1.165) is 23.5 Å². The van der Waals surface area contributed by atoms with Crippen LogP contribution in [0.3, 0.4) is 0 Å². The highest BCUT2D eigenvalue weighted by Gasteiger charge is 2.39. The van der Waals surface area contributed by atoms with Crippen LogP contribution in [0.2, 0.25) is 0 Å². The fraction of sp³-hybridized carbons (Fsp3) is 0.409. The Morgan fingerprint density at radius 2 is 1.92 bits per heavy atom. The van der Waals surface area contributed by atoms with Crippen molar-refractivity contribution >= 4 is 17.3 Å². The third-order valence-electron chi connectivity index (χ3n) is 5.01. The Labute approximate surface area is 156 Å². The summed E-state index contributed by atoms with van der Waals surface area (Å²) in [7, 11) is 0. The predicted octanol–water partition coefficient (Wildman–Crippen LogP) is 5.16. The lowest BCUT2D eigenvalue weighted by atomic mass is 9.80. The summed E-state index contributed by atoms with van der Waals surface area (Å²) in [5.41, 5.74) is 3.18. The van der Waals surface area contributed by atoms with Crippen molar-refractivity contribution in [1.29, 1.82) is 0 Å². The molecule has 4 nitrogen and oxygen atoms in total. The van der Waals surface area contributed by atoms with E-state index in [4.69, 9.17) is 4.74 Å². The Morgan fingerprint density at radius 1 is 1.23 bits per heavy atom. The van der Waals surface area contributed by atoms with Gasteiger partial charge in [0.2, 0.25) is 5.91 Å². The van der Waals surface area contributed by atoms with E-state index in [0.29, 0.717) is 5.92 Å². The smallest absolute Gasteiger partial charge is 0.221 e. The Morgan fingerprint density at radius 3 is 2.58 bits per heavy atom. The summed E-state index contributed by atoms with van der Waals surface area (Å²) in [4.78, 5) is 13.8. The number of carbonyl (C=O) groups is 1. The molecule has 3 rings (SSSR count). The third kappa shape index (κ3) is 3.69. The number of para-hydroxylation sites is 1. The molecule has 2 aromatic rings. The van der Waals surface area contributed by atoms with Gasteiger partial charge >= 0.3 is 0 Å². The Balaban J connectivity index is 1.99.